The third-order valence-corrected chi connectivity index (χ3v) is 5.58. The molecule has 2 N–H and O–H groups in total. The monoisotopic (exact) mass is 421 g/mol. The molecule has 30 heavy (non-hydrogen) atoms. The summed E-state index contributed by atoms with van der Waals surface area (Å²) < 4.78 is 6.67. The highest BCUT2D eigenvalue weighted by molar-refractivity contribution is 7.18. The average Bonchev–Trinajstić information content (AvgIpc) is 3.10. The summed E-state index contributed by atoms with van der Waals surface area (Å²) in [5.41, 5.74) is -0.555. The first-order chi connectivity index (χ1) is 14.4. The lowest BCUT2D eigenvalue weighted by atomic mass is 10.2. The van der Waals surface area contributed by atoms with Gasteiger partial charge in [0.15, 0.2) is 0 Å². The molecule has 2 aromatic carbocycles. The van der Waals surface area contributed by atoms with E-state index in [9.17, 15) is 14.4 Å². The Kier molecular flexibility index (Phi) is 5.24. The molecule has 0 bridgehead atoms. The van der Waals surface area contributed by atoms with E-state index < -0.39 is 23.2 Å². The van der Waals surface area contributed by atoms with E-state index in [0.717, 1.165) is 9.44 Å². The number of carbonyl (C=O) groups excluding carboxylic acids is 1. The van der Waals surface area contributed by atoms with Crippen molar-refractivity contribution < 1.29 is 9.53 Å². The highest BCUT2D eigenvalue weighted by Crippen LogP contribution is 2.23. The summed E-state index contributed by atoms with van der Waals surface area (Å²) in [6.07, 6.45) is 0. The number of para-hydroxylation sites is 1. The second kappa shape index (κ2) is 8.00. The summed E-state index contributed by atoms with van der Waals surface area (Å²) in [7, 11) is 0. The van der Waals surface area contributed by atoms with Crippen LogP contribution >= 0.6 is 11.3 Å². The molecule has 8 heteroatoms. The van der Waals surface area contributed by atoms with E-state index >= 15 is 0 Å². The maximum absolute atomic E-state index is 12.7. The Morgan fingerprint density at radius 3 is 2.43 bits per heavy atom. The molecule has 0 aliphatic heterocycles. The van der Waals surface area contributed by atoms with Gasteiger partial charge in [-0.1, -0.05) is 18.2 Å². The Morgan fingerprint density at radius 1 is 1.07 bits per heavy atom. The lowest BCUT2D eigenvalue weighted by molar-refractivity contribution is -0.119. The van der Waals surface area contributed by atoms with Crippen LogP contribution < -0.4 is 21.3 Å². The van der Waals surface area contributed by atoms with Crippen LogP contribution in [0.15, 0.2) is 70.3 Å². The van der Waals surface area contributed by atoms with Gasteiger partial charge in [0.1, 0.15) is 22.4 Å². The van der Waals surface area contributed by atoms with Gasteiger partial charge >= 0.3 is 5.69 Å². The minimum atomic E-state index is -0.980. The van der Waals surface area contributed by atoms with Gasteiger partial charge in [-0.15, -0.1) is 11.3 Å². The van der Waals surface area contributed by atoms with E-state index in [-0.39, 0.29) is 0 Å². The molecule has 4 rings (SSSR count). The maximum atomic E-state index is 12.7. The van der Waals surface area contributed by atoms with E-state index in [0.29, 0.717) is 27.4 Å². The third-order valence-electron chi connectivity index (χ3n) is 4.61. The number of aromatic nitrogens is 2. The topological polar surface area (TPSA) is 93.2 Å². The van der Waals surface area contributed by atoms with Crippen molar-refractivity contribution in [2.75, 3.05) is 5.32 Å². The number of hydrogen-bond donors (Lipinski definition) is 2. The molecular formula is C22H19N3O4S. The van der Waals surface area contributed by atoms with Crippen LogP contribution in [0, 0.1) is 6.92 Å². The van der Waals surface area contributed by atoms with Gasteiger partial charge in [-0.25, -0.2) is 9.36 Å². The molecule has 0 aliphatic carbocycles. The van der Waals surface area contributed by atoms with Crippen molar-refractivity contribution in [1.29, 1.82) is 0 Å². The quantitative estimate of drug-likeness (QED) is 0.508. The molecule has 1 atom stereocenters. The Hall–Kier alpha value is -3.65. The zero-order chi connectivity index (χ0) is 21.3. The number of benzene rings is 2. The fraction of sp³-hybridized carbons (Fsp3) is 0.136. The van der Waals surface area contributed by atoms with Crippen LogP contribution in [0.25, 0.3) is 10.2 Å². The zero-order valence-corrected chi connectivity index (χ0v) is 17.2. The second-order valence-electron chi connectivity index (χ2n) is 6.81. The first kappa shape index (κ1) is 19.7. The standard InChI is InChI=1S/C22H19N3O4S/c1-13-12-18-20(30-13)24-22(28)25(21(18)27)14(2)19(26)23-15-8-10-17(11-9-15)29-16-6-4-3-5-7-16/h3-12,14H,1-2H3,(H,23,26)(H,24,28). The molecule has 2 aromatic heterocycles. The molecule has 0 saturated carbocycles. The summed E-state index contributed by atoms with van der Waals surface area (Å²) in [4.78, 5) is 41.9. The number of H-pyrrole nitrogens is 1. The van der Waals surface area contributed by atoms with Crippen LogP contribution in [0.3, 0.4) is 0 Å². The van der Waals surface area contributed by atoms with Gasteiger partial charge in [0.25, 0.3) is 5.56 Å². The van der Waals surface area contributed by atoms with Crippen molar-refractivity contribution in [2.24, 2.45) is 0 Å². The van der Waals surface area contributed by atoms with Gasteiger partial charge in [-0.3, -0.25) is 14.6 Å². The van der Waals surface area contributed by atoms with Crippen LogP contribution in [0.4, 0.5) is 5.69 Å². The average molecular weight is 421 g/mol. The Morgan fingerprint density at radius 2 is 1.73 bits per heavy atom. The minimum Gasteiger partial charge on any atom is -0.457 e. The first-order valence-electron chi connectivity index (χ1n) is 9.31. The van der Waals surface area contributed by atoms with Gasteiger partial charge in [-0.2, -0.15) is 0 Å². The number of nitrogens with zero attached hydrogens (tertiary/aromatic N) is 1. The molecule has 152 valence electrons. The summed E-state index contributed by atoms with van der Waals surface area (Å²) in [6, 6.07) is 16.9. The van der Waals surface area contributed by atoms with Crippen LogP contribution in [-0.4, -0.2) is 15.5 Å². The molecule has 1 amide bonds. The molecule has 7 nitrogen and oxygen atoms in total. The molecule has 0 saturated heterocycles. The normalized spacial score (nSPS) is 11.9. The van der Waals surface area contributed by atoms with Gasteiger partial charge in [0, 0.05) is 10.6 Å². The number of ether oxygens (including phenoxy) is 1. The number of thiophene rings is 1. The van der Waals surface area contributed by atoms with Crippen molar-refractivity contribution in [1.82, 2.24) is 9.55 Å². The van der Waals surface area contributed by atoms with E-state index in [1.807, 2.05) is 37.3 Å². The van der Waals surface area contributed by atoms with Crippen LogP contribution in [0.2, 0.25) is 0 Å². The van der Waals surface area contributed by atoms with Crippen LogP contribution in [0.5, 0.6) is 11.5 Å². The van der Waals surface area contributed by atoms with E-state index in [2.05, 4.69) is 10.3 Å². The van der Waals surface area contributed by atoms with Crippen LogP contribution in [-0.2, 0) is 4.79 Å². The molecular weight excluding hydrogens is 402 g/mol. The number of fused-ring (bicyclic) bond motifs is 1. The molecule has 4 aromatic rings. The summed E-state index contributed by atoms with van der Waals surface area (Å²) in [6.45, 7) is 3.37. The molecule has 0 aliphatic rings. The predicted molar refractivity (Wildman–Crippen MR) is 118 cm³/mol. The van der Waals surface area contributed by atoms with Gasteiger partial charge in [0.05, 0.1) is 5.39 Å². The Labute approximate surface area is 175 Å². The van der Waals surface area contributed by atoms with E-state index in [1.54, 1.807) is 30.3 Å². The summed E-state index contributed by atoms with van der Waals surface area (Å²) >= 11 is 1.33. The number of anilines is 1. The number of aromatic amines is 1. The first-order valence-corrected chi connectivity index (χ1v) is 10.1. The highest BCUT2D eigenvalue weighted by atomic mass is 32.1. The number of carbonyl (C=O) groups is 1. The molecule has 2 heterocycles. The number of aryl methyl sites for hydroxylation is 1. The molecule has 0 radical (unpaired) electrons. The van der Waals surface area contributed by atoms with Gasteiger partial charge in [0.2, 0.25) is 5.91 Å². The minimum absolute atomic E-state index is 0.402. The fourth-order valence-corrected chi connectivity index (χ4v) is 3.99. The van der Waals surface area contributed by atoms with Gasteiger partial charge < -0.3 is 10.1 Å². The van der Waals surface area contributed by atoms with E-state index in [1.165, 1.54) is 18.3 Å². The van der Waals surface area contributed by atoms with Crippen molar-refractivity contribution in [3.63, 3.8) is 0 Å². The maximum Gasteiger partial charge on any atom is 0.330 e. The molecule has 0 fully saturated rings. The summed E-state index contributed by atoms with van der Waals surface area (Å²) in [5, 5.41) is 3.14. The third kappa shape index (κ3) is 3.90. The van der Waals surface area contributed by atoms with Crippen LogP contribution in [0.1, 0.15) is 17.8 Å². The highest BCUT2D eigenvalue weighted by Gasteiger charge is 2.21. The number of rotatable bonds is 5. The smallest absolute Gasteiger partial charge is 0.330 e. The van der Waals surface area contributed by atoms with Gasteiger partial charge in [-0.05, 0) is 56.3 Å². The number of amides is 1. The zero-order valence-electron chi connectivity index (χ0n) is 16.3. The molecule has 1 unspecified atom stereocenters. The van der Waals surface area contributed by atoms with Crippen molar-refractivity contribution in [2.45, 2.75) is 19.9 Å². The predicted octanol–water partition coefficient (Wildman–Crippen LogP) is 4.05. The SMILES string of the molecule is Cc1cc2c(=O)n(C(C)C(=O)Nc3ccc(Oc4ccccc4)cc3)c(=O)[nH]c2s1. The van der Waals surface area contributed by atoms with E-state index in [4.69, 9.17) is 4.74 Å². The molecule has 0 spiro atoms. The summed E-state index contributed by atoms with van der Waals surface area (Å²) in [5.74, 6) is 0.865. The van der Waals surface area contributed by atoms with Crippen molar-refractivity contribution in [3.05, 3.63) is 86.4 Å². The number of nitrogens with one attached hydrogen (secondary N) is 2. The number of hydrogen-bond acceptors (Lipinski definition) is 5. The Balaban J connectivity index is 1.52. The second-order valence-corrected chi connectivity index (χ2v) is 8.07. The fourth-order valence-electron chi connectivity index (χ4n) is 3.09. The lowest BCUT2D eigenvalue weighted by Gasteiger charge is -2.14. The van der Waals surface area contributed by atoms with Crippen molar-refractivity contribution in [3.8, 4) is 11.5 Å². The van der Waals surface area contributed by atoms with Crippen molar-refractivity contribution >= 4 is 33.1 Å². The Bertz CT molecular complexity index is 1320. The largest absolute Gasteiger partial charge is 0.457 e. The lowest BCUT2D eigenvalue weighted by Crippen LogP contribution is -2.41.